The van der Waals surface area contributed by atoms with Crippen molar-refractivity contribution >= 4 is 46.4 Å². The third-order valence-corrected chi connectivity index (χ3v) is 4.68. The van der Waals surface area contributed by atoms with Crippen LogP contribution in [0, 0.1) is 10.1 Å². The maximum atomic E-state index is 10.8. The first-order chi connectivity index (χ1) is 8.97. The lowest BCUT2D eigenvalue weighted by Crippen LogP contribution is -1.89. The molecule has 0 radical (unpaired) electrons. The van der Waals surface area contributed by atoms with Gasteiger partial charge in [0.25, 0.3) is 5.69 Å². The zero-order chi connectivity index (χ0) is 14.0. The normalized spacial score (nSPS) is 10.4. The topological polar surface area (TPSA) is 80.4 Å². The van der Waals surface area contributed by atoms with Gasteiger partial charge in [0, 0.05) is 27.3 Å². The summed E-state index contributed by atoms with van der Waals surface area (Å²) < 4.78 is 0. The number of benzene rings is 1. The number of aromatic carboxylic acids is 1. The van der Waals surface area contributed by atoms with Gasteiger partial charge in [0.15, 0.2) is 0 Å². The van der Waals surface area contributed by atoms with E-state index in [1.807, 2.05) is 0 Å². The van der Waals surface area contributed by atoms with Crippen LogP contribution >= 0.6 is 34.7 Å². The highest BCUT2D eigenvalue weighted by atomic mass is 35.5. The van der Waals surface area contributed by atoms with Crippen LogP contribution in [0.3, 0.4) is 0 Å². The summed E-state index contributed by atoms with van der Waals surface area (Å²) in [5.74, 6) is -0.980. The Bertz CT molecular complexity index is 656. The van der Waals surface area contributed by atoms with Crippen LogP contribution in [0.2, 0.25) is 5.02 Å². The van der Waals surface area contributed by atoms with E-state index >= 15 is 0 Å². The molecule has 0 bridgehead atoms. The predicted octanol–water partition coefficient (Wildman–Crippen LogP) is 4.16. The number of hydrogen-bond acceptors (Lipinski definition) is 5. The van der Waals surface area contributed by atoms with Crippen molar-refractivity contribution in [2.75, 3.05) is 0 Å². The second-order valence-corrected chi connectivity index (χ2v) is 5.86. The molecule has 1 aromatic carbocycles. The standard InChI is InChI=1S/C11H6ClNO4S2/c12-8-3-6(13(16)17)1-2-9(8)19-7-4-10(11(14)15)18-5-7/h1-5H,(H,14,15). The van der Waals surface area contributed by atoms with Gasteiger partial charge in [-0.25, -0.2) is 4.79 Å². The molecule has 0 amide bonds. The number of hydrogen-bond donors (Lipinski definition) is 1. The fraction of sp³-hybridized carbons (Fsp3) is 0. The second-order valence-electron chi connectivity index (χ2n) is 3.43. The Morgan fingerprint density at radius 2 is 2.16 bits per heavy atom. The molecule has 0 unspecified atom stereocenters. The van der Waals surface area contributed by atoms with Crippen molar-refractivity contribution in [3.05, 3.63) is 49.7 Å². The maximum Gasteiger partial charge on any atom is 0.345 e. The van der Waals surface area contributed by atoms with E-state index in [1.165, 1.54) is 30.0 Å². The average molecular weight is 316 g/mol. The molecule has 19 heavy (non-hydrogen) atoms. The molecule has 98 valence electrons. The summed E-state index contributed by atoms with van der Waals surface area (Å²) >= 11 is 8.34. The van der Waals surface area contributed by atoms with Crippen LogP contribution in [0.15, 0.2) is 39.4 Å². The molecule has 1 aromatic heterocycles. The lowest BCUT2D eigenvalue weighted by atomic mass is 10.3. The van der Waals surface area contributed by atoms with Crippen molar-refractivity contribution in [2.45, 2.75) is 9.79 Å². The molecule has 0 saturated carbocycles. The second kappa shape index (κ2) is 5.60. The Kier molecular flexibility index (Phi) is 4.08. The van der Waals surface area contributed by atoms with Crippen LogP contribution < -0.4 is 0 Å². The van der Waals surface area contributed by atoms with Gasteiger partial charge in [0.1, 0.15) is 4.88 Å². The summed E-state index contributed by atoms with van der Waals surface area (Å²) in [6, 6.07) is 5.71. The van der Waals surface area contributed by atoms with Crippen LogP contribution in [0.5, 0.6) is 0 Å². The molecular weight excluding hydrogens is 310 g/mol. The quantitative estimate of drug-likeness (QED) is 0.677. The Balaban J connectivity index is 2.23. The number of carboxylic acids is 1. The van der Waals surface area contributed by atoms with Crippen molar-refractivity contribution in [3.63, 3.8) is 0 Å². The zero-order valence-electron chi connectivity index (χ0n) is 9.20. The monoisotopic (exact) mass is 315 g/mol. The highest BCUT2D eigenvalue weighted by Crippen LogP contribution is 2.37. The number of nitrogens with zero attached hydrogens (tertiary/aromatic N) is 1. The summed E-state index contributed by atoms with van der Waals surface area (Å²) in [4.78, 5) is 22.4. The molecule has 0 aliphatic carbocycles. The van der Waals surface area contributed by atoms with Crippen LogP contribution in [-0.2, 0) is 0 Å². The minimum atomic E-state index is -0.980. The van der Waals surface area contributed by atoms with Crippen molar-refractivity contribution in [1.29, 1.82) is 0 Å². The highest BCUT2D eigenvalue weighted by Gasteiger charge is 2.12. The van der Waals surface area contributed by atoms with Gasteiger partial charge in [-0.15, -0.1) is 11.3 Å². The highest BCUT2D eigenvalue weighted by molar-refractivity contribution is 7.99. The molecule has 0 spiro atoms. The number of carboxylic acid groups (broad SMARTS) is 1. The minimum Gasteiger partial charge on any atom is -0.477 e. The first kappa shape index (κ1) is 13.9. The van der Waals surface area contributed by atoms with E-state index in [0.29, 0.717) is 4.90 Å². The van der Waals surface area contributed by atoms with Crippen LogP contribution in [0.4, 0.5) is 5.69 Å². The van der Waals surface area contributed by atoms with Crippen molar-refractivity contribution in [3.8, 4) is 0 Å². The lowest BCUT2D eigenvalue weighted by Gasteiger charge is -2.01. The van der Waals surface area contributed by atoms with Crippen LogP contribution in [-0.4, -0.2) is 16.0 Å². The summed E-state index contributed by atoms with van der Waals surface area (Å²) in [5, 5.41) is 21.4. The Morgan fingerprint density at radius 3 is 2.68 bits per heavy atom. The van der Waals surface area contributed by atoms with E-state index in [9.17, 15) is 14.9 Å². The smallest absolute Gasteiger partial charge is 0.345 e. The zero-order valence-corrected chi connectivity index (χ0v) is 11.6. The van der Waals surface area contributed by atoms with Gasteiger partial charge in [0.2, 0.25) is 0 Å². The van der Waals surface area contributed by atoms with Crippen molar-refractivity contribution in [1.82, 2.24) is 0 Å². The van der Waals surface area contributed by atoms with Crippen LogP contribution in [0.25, 0.3) is 0 Å². The minimum absolute atomic E-state index is 0.0779. The Labute approximate surface area is 121 Å². The molecule has 5 nitrogen and oxygen atoms in total. The van der Waals surface area contributed by atoms with Gasteiger partial charge in [-0.1, -0.05) is 23.4 Å². The third-order valence-electron chi connectivity index (χ3n) is 2.14. The number of non-ortho nitro benzene ring substituents is 1. The van der Waals surface area contributed by atoms with Crippen LogP contribution in [0.1, 0.15) is 9.67 Å². The number of nitro groups is 1. The number of rotatable bonds is 4. The predicted molar refractivity (Wildman–Crippen MR) is 73.5 cm³/mol. The molecule has 0 aliphatic heterocycles. The molecule has 0 fully saturated rings. The summed E-state index contributed by atoms with van der Waals surface area (Å²) in [6.45, 7) is 0. The van der Waals surface area contributed by atoms with Gasteiger partial charge in [-0.3, -0.25) is 10.1 Å². The third kappa shape index (κ3) is 3.25. The van der Waals surface area contributed by atoms with Crippen molar-refractivity contribution in [2.24, 2.45) is 0 Å². The molecule has 0 aliphatic rings. The number of halogens is 1. The van der Waals surface area contributed by atoms with Gasteiger partial charge in [0.05, 0.1) is 9.95 Å². The largest absolute Gasteiger partial charge is 0.477 e. The fourth-order valence-corrected chi connectivity index (χ4v) is 3.33. The molecule has 8 heteroatoms. The maximum absolute atomic E-state index is 10.8. The Morgan fingerprint density at radius 1 is 1.42 bits per heavy atom. The average Bonchev–Trinajstić information content (AvgIpc) is 2.80. The van der Waals surface area contributed by atoms with Gasteiger partial charge in [-0.2, -0.15) is 0 Å². The van der Waals surface area contributed by atoms with Gasteiger partial charge < -0.3 is 5.11 Å². The van der Waals surface area contributed by atoms with E-state index in [4.69, 9.17) is 16.7 Å². The molecular formula is C11H6ClNO4S2. The SMILES string of the molecule is O=C(O)c1cc(Sc2ccc([N+](=O)[O-])cc2Cl)cs1. The number of thiophene rings is 1. The lowest BCUT2D eigenvalue weighted by molar-refractivity contribution is -0.384. The number of carbonyl (C=O) groups is 1. The summed E-state index contributed by atoms with van der Waals surface area (Å²) in [7, 11) is 0. The Hall–Kier alpha value is -1.57. The van der Waals surface area contributed by atoms with Crippen molar-refractivity contribution < 1.29 is 14.8 Å². The summed E-state index contributed by atoms with van der Waals surface area (Å²) in [6.07, 6.45) is 0. The van der Waals surface area contributed by atoms with Gasteiger partial charge in [-0.05, 0) is 12.1 Å². The molecule has 2 aromatic rings. The first-order valence-electron chi connectivity index (χ1n) is 4.91. The molecule has 1 N–H and O–H groups in total. The van der Waals surface area contributed by atoms with E-state index in [0.717, 1.165) is 16.2 Å². The molecule has 0 atom stereocenters. The van der Waals surface area contributed by atoms with E-state index < -0.39 is 10.9 Å². The van der Waals surface area contributed by atoms with E-state index in [1.54, 1.807) is 11.4 Å². The molecule has 0 saturated heterocycles. The van der Waals surface area contributed by atoms with E-state index in [2.05, 4.69) is 0 Å². The fourth-order valence-electron chi connectivity index (χ4n) is 1.30. The van der Waals surface area contributed by atoms with E-state index in [-0.39, 0.29) is 15.6 Å². The first-order valence-corrected chi connectivity index (χ1v) is 6.98. The molecule has 2 rings (SSSR count). The number of nitro benzene ring substituents is 1. The van der Waals surface area contributed by atoms with Gasteiger partial charge >= 0.3 is 5.97 Å². The molecule has 1 heterocycles. The summed E-state index contributed by atoms with van der Waals surface area (Å²) in [5.41, 5.74) is -0.0779.